The van der Waals surface area contributed by atoms with Gasteiger partial charge in [0.1, 0.15) is 5.82 Å². The van der Waals surface area contributed by atoms with Crippen molar-refractivity contribution in [3.05, 3.63) is 119 Å². The first-order valence-corrected chi connectivity index (χ1v) is 12.7. The quantitative estimate of drug-likeness (QED) is 0.373. The van der Waals surface area contributed by atoms with E-state index in [-0.39, 0.29) is 38.8 Å². The molecule has 0 unspecified atom stereocenters. The maximum Gasteiger partial charge on any atom is 0.259 e. The monoisotopic (exact) mass is 520 g/mol. The van der Waals surface area contributed by atoms with Gasteiger partial charge in [-0.05, 0) is 66.2 Å². The molecule has 0 fully saturated rings. The summed E-state index contributed by atoms with van der Waals surface area (Å²) in [6.07, 6.45) is 0. The van der Waals surface area contributed by atoms with Gasteiger partial charge in [-0.1, -0.05) is 41.9 Å². The fourth-order valence-corrected chi connectivity index (χ4v) is 5.94. The van der Waals surface area contributed by atoms with Crippen molar-refractivity contribution in [2.45, 2.75) is 16.3 Å². The maximum absolute atomic E-state index is 13.7. The molecule has 1 aliphatic rings. The van der Waals surface area contributed by atoms with Crippen molar-refractivity contribution < 1.29 is 22.4 Å². The fraction of sp³-hybridized carbons (Fsp3) is 0.0370. The highest BCUT2D eigenvalue weighted by Gasteiger charge is 2.36. The highest BCUT2D eigenvalue weighted by Crippen LogP contribution is 2.38. The minimum Gasteiger partial charge on any atom is -0.322 e. The summed E-state index contributed by atoms with van der Waals surface area (Å²) in [5, 5.41) is 3.06. The van der Waals surface area contributed by atoms with Crippen LogP contribution < -0.4 is 10.2 Å². The number of halogens is 2. The number of hydrogen-bond donors (Lipinski definition) is 1. The number of anilines is 2. The van der Waals surface area contributed by atoms with Crippen LogP contribution in [0.3, 0.4) is 0 Å². The molecule has 6 nitrogen and oxygen atoms in total. The average Bonchev–Trinajstić information content (AvgIpc) is 2.92. The predicted molar refractivity (Wildman–Crippen MR) is 135 cm³/mol. The van der Waals surface area contributed by atoms with Crippen molar-refractivity contribution in [2.24, 2.45) is 0 Å². The number of hydrogen-bond acceptors (Lipinski definition) is 4. The lowest BCUT2D eigenvalue weighted by Gasteiger charge is -2.23. The van der Waals surface area contributed by atoms with Gasteiger partial charge in [-0.15, -0.1) is 0 Å². The van der Waals surface area contributed by atoms with Crippen LogP contribution in [0.2, 0.25) is 5.02 Å². The molecule has 1 aliphatic heterocycles. The smallest absolute Gasteiger partial charge is 0.259 e. The van der Waals surface area contributed by atoms with Gasteiger partial charge in [0, 0.05) is 16.3 Å². The van der Waals surface area contributed by atoms with Crippen LogP contribution in [0.4, 0.5) is 15.8 Å². The van der Waals surface area contributed by atoms with E-state index >= 15 is 0 Å². The van der Waals surface area contributed by atoms with Crippen LogP contribution in [0.5, 0.6) is 0 Å². The number of carbonyl (C=O) groups excluding carboxylic acids is 2. The summed E-state index contributed by atoms with van der Waals surface area (Å²) < 4.78 is 40.7. The van der Waals surface area contributed by atoms with E-state index < -0.39 is 27.5 Å². The molecule has 0 spiro atoms. The third-order valence-electron chi connectivity index (χ3n) is 5.77. The van der Waals surface area contributed by atoms with E-state index in [9.17, 15) is 22.4 Å². The first kappa shape index (κ1) is 23.7. The van der Waals surface area contributed by atoms with Crippen LogP contribution in [-0.4, -0.2) is 20.2 Å². The number of sulfone groups is 1. The molecule has 0 atom stereocenters. The zero-order valence-corrected chi connectivity index (χ0v) is 20.2. The van der Waals surface area contributed by atoms with Gasteiger partial charge in [-0.2, -0.15) is 0 Å². The molecule has 0 aliphatic carbocycles. The Labute approximate surface area is 211 Å². The van der Waals surface area contributed by atoms with Crippen LogP contribution in [0.15, 0.2) is 101 Å². The first-order valence-electron chi connectivity index (χ1n) is 10.9. The number of nitrogens with zero attached hydrogens (tertiary/aromatic N) is 1. The first-order chi connectivity index (χ1) is 17.2. The highest BCUT2D eigenvalue weighted by atomic mass is 35.5. The molecule has 0 radical (unpaired) electrons. The Balaban J connectivity index is 1.65. The van der Waals surface area contributed by atoms with Crippen molar-refractivity contribution in [3.8, 4) is 0 Å². The van der Waals surface area contributed by atoms with Crippen molar-refractivity contribution in [1.82, 2.24) is 0 Å². The van der Waals surface area contributed by atoms with Gasteiger partial charge in [0.25, 0.3) is 11.8 Å². The fourth-order valence-electron chi connectivity index (χ4n) is 4.09. The largest absolute Gasteiger partial charge is 0.322 e. The summed E-state index contributed by atoms with van der Waals surface area (Å²) in [7, 11) is -4.08. The van der Waals surface area contributed by atoms with E-state index in [0.29, 0.717) is 10.6 Å². The van der Waals surface area contributed by atoms with Gasteiger partial charge < -0.3 is 10.2 Å². The zero-order valence-electron chi connectivity index (χ0n) is 18.6. The SMILES string of the molecule is O=C(Nc1cccc(F)c1)c1ccc2c(c1)N(Cc1cccc(Cl)c1)C(=O)c1ccccc1S2(=O)=O. The topological polar surface area (TPSA) is 83.6 Å². The van der Waals surface area contributed by atoms with E-state index in [1.807, 2.05) is 0 Å². The molecule has 0 saturated carbocycles. The molecule has 4 aromatic carbocycles. The summed E-state index contributed by atoms with van der Waals surface area (Å²) in [5.74, 6) is -1.63. The Kier molecular flexibility index (Phi) is 6.07. The number of nitrogens with one attached hydrogen (secondary N) is 1. The van der Waals surface area contributed by atoms with Gasteiger partial charge in [0.05, 0.1) is 27.6 Å². The number of rotatable bonds is 4. The third-order valence-corrected chi connectivity index (χ3v) is 7.86. The van der Waals surface area contributed by atoms with Crippen LogP contribution in [0.25, 0.3) is 0 Å². The molecular formula is C27H18ClFN2O4S. The molecule has 5 rings (SSSR count). The standard InChI is InChI=1S/C27H18ClFN2O4S/c28-19-6-3-5-17(13-19)16-31-23-14-18(26(32)30-21-8-4-7-20(29)15-21)11-12-25(23)36(34,35)24-10-2-1-9-22(24)27(31)33/h1-15H,16H2,(H,30,32). The van der Waals surface area contributed by atoms with E-state index in [0.717, 1.165) is 6.07 Å². The molecule has 180 valence electrons. The van der Waals surface area contributed by atoms with Gasteiger partial charge in [-0.3, -0.25) is 9.59 Å². The number of fused-ring (bicyclic) bond motifs is 2. The molecule has 36 heavy (non-hydrogen) atoms. The predicted octanol–water partition coefficient (Wildman–Crippen LogP) is 5.72. The molecule has 0 bridgehead atoms. The number of amides is 2. The molecule has 0 saturated heterocycles. The Morgan fingerprint density at radius 3 is 2.44 bits per heavy atom. The van der Waals surface area contributed by atoms with Crippen molar-refractivity contribution in [1.29, 1.82) is 0 Å². The van der Waals surface area contributed by atoms with Gasteiger partial charge in [-0.25, -0.2) is 12.8 Å². The Morgan fingerprint density at radius 2 is 1.67 bits per heavy atom. The second kappa shape index (κ2) is 9.22. The Morgan fingerprint density at radius 1 is 0.889 bits per heavy atom. The number of benzene rings is 4. The lowest BCUT2D eigenvalue weighted by Crippen LogP contribution is -2.30. The summed E-state index contributed by atoms with van der Waals surface area (Å²) >= 11 is 6.13. The normalized spacial score (nSPS) is 13.9. The molecule has 0 aromatic heterocycles. The molecule has 2 amide bonds. The van der Waals surface area contributed by atoms with Gasteiger partial charge in [0.2, 0.25) is 9.84 Å². The van der Waals surface area contributed by atoms with Crippen LogP contribution in [0, 0.1) is 5.82 Å². The van der Waals surface area contributed by atoms with Crippen molar-refractivity contribution >= 4 is 44.6 Å². The van der Waals surface area contributed by atoms with Crippen LogP contribution in [-0.2, 0) is 16.4 Å². The molecule has 9 heteroatoms. The lowest BCUT2D eigenvalue weighted by molar-refractivity contribution is 0.0979. The second-order valence-electron chi connectivity index (χ2n) is 8.17. The van der Waals surface area contributed by atoms with Crippen LogP contribution in [0.1, 0.15) is 26.3 Å². The summed E-state index contributed by atoms with van der Waals surface area (Å²) in [5.41, 5.74) is 1.10. The van der Waals surface area contributed by atoms with Crippen LogP contribution >= 0.6 is 11.6 Å². The van der Waals surface area contributed by atoms with E-state index in [4.69, 9.17) is 11.6 Å². The Bertz CT molecular complexity index is 1640. The molecule has 4 aromatic rings. The molecule has 1 heterocycles. The summed E-state index contributed by atoms with van der Waals surface area (Å²) in [4.78, 5) is 27.7. The number of carbonyl (C=O) groups is 2. The van der Waals surface area contributed by atoms with E-state index in [2.05, 4.69) is 5.32 Å². The minimum absolute atomic E-state index is 0.0191. The van der Waals surface area contributed by atoms with Gasteiger partial charge >= 0.3 is 0 Å². The average molecular weight is 521 g/mol. The van der Waals surface area contributed by atoms with E-state index in [1.54, 1.807) is 36.4 Å². The molecular weight excluding hydrogens is 503 g/mol. The van der Waals surface area contributed by atoms with Gasteiger partial charge in [0.15, 0.2) is 0 Å². The minimum atomic E-state index is -4.08. The second-order valence-corrected chi connectivity index (χ2v) is 10.5. The van der Waals surface area contributed by atoms with Crippen molar-refractivity contribution in [3.63, 3.8) is 0 Å². The third kappa shape index (κ3) is 4.36. The Hall–Kier alpha value is -4.01. The molecule has 1 N–H and O–H groups in total. The zero-order chi connectivity index (χ0) is 25.4. The van der Waals surface area contributed by atoms with Crippen molar-refractivity contribution in [2.75, 3.05) is 10.2 Å². The van der Waals surface area contributed by atoms with E-state index in [1.165, 1.54) is 53.4 Å². The highest BCUT2D eigenvalue weighted by molar-refractivity contribution is 7.91. The lowest BCUT2D eigenvalue weighted by atomic mass is 10.1. The summed E-state index contributed by atoms with van der Waals surface area (Å²) in [6.45, 7) is 0.0191. The maximum atomic E-state index is 13.7. The summed E-state index contributed by atoms with van der Waals surface area (Å²) in [6, 6.07) is 22.3.